The lowest BCUT2D eigenvalue weighted by Crippen LogP contribution is -2.18. The molecule has 0 bridgehead atoms. The summed E-state index contributed by atoms with van der Waals surface area (Å²) in [6.07, 6.45) is 4.04. The van der Waals surface area contributed by atoms with E-state index in [1.54, 1.807) is 0 Å². The number of hydrogen-bond acceptors (Lipinski definition) is 3. The van der Waals surface area contributed by atoms with Crippen LogP contribution >= 0.6 is 0 Å². The molecule has 86 valence electrons. The molecule has 1 heterocycles. The van der Waals surface area contributed by atoms with Crippen LogP contribution in [0, 0.1) is 5.92 Å². The van der Waals surface area contributed by atoms with Crippen LogP contribution in [0.5, 0.6) is 0 Å². The smallest absolute Gasteiger partial charge is 0.137 e. The van der Waals surface area contributed by atoms with Crippen molar-refractivity contribution < 1.29 is 0 Å². The minimum Gasteiger partial charge on any atom is -0.330 e. The van der Waals surface area contributed by atoms with E-state index >= 15 is 0 Å². The Balaban J connectivity index is 2.77. The normalized spacial score (nSPS) is 13.4. The van der Waals surface area contributed by atoms with Crippen molar-refractivity contribution in [3.05, 3.63) is 12.2 Å². The van der Waals surface area contributed by atoms with Crippen LogP contribution in [0.2, 0.25) is 0 Å². The fourth-order valence-electron chi connectivity index (χ4n) is 1.81. The number of rotatable bonds is 6. The zero-order chi connectivity index (χ0) is 11.3. The first-order valence-corrected chi connectivity index (χ1v) is 5.76. The largest absolute Gasteiger partial charge is 0.330 e. The molecule has 0 saturated carbocycles. The molecular formula is C11H22N4. The van der Waals surface area contributed by atoms with E-state index in [9.17, 15) is 0 Å². The standard InChI is InChI=1S/C11H22N4/c1-4-5-10(6-12)11-14-13-8-15(11)7-9(2)3/h8-10H,4-7,12H2,1-3H3. The maximum absolute atomic E-state index is 5.77. The molecule has 4 nitrogen and oxygen atoms in total. The SMILES string of the molecule is CCCC(CN)c1nncn1CC(C)C. The van der Waals surface area contributed by atoms with Gasteiger partial charge in [0, 0.05) is 19.0 Å². The second kappa shape index (κ2) is 5.85. The summed E-state index contributed by atoms with van der Waals surface area (Å²) in [5.41, 5.74) is 5.77. The molecule has 0 aliphatic carbocycles. The zero-order valence-electron chi connectivity index (χ0n) is 9.98. The third-order valence-corrected chi connectivity index (χ3v) is 2.49. The molecule has 1 unspecified atom stereocenters. The molecule has 15 heavy (non-hydrogen) atoms. The molecule has 1 atom stereocenters. The van der Waals surface area contributed by atoms with Gasteiger partial charge in [0.1, 0.15) is 12.2 Å². The lowest BCUT2D eigenvalue weighted by atomic mass is 10.0. The molecule has 0 aliphatic heterocycles. The highest BCUT2D eigenvalue weighted by molar-refractivity contribution is 4.97. The average Bonchev–Trinajstić information content (AvgIpc) is 2.61. The fourth-order valence-corrected chi connectivity index (χ4v) is 1.81. The average molecular weight is 210 g/mol. The van der Waals surface area contributed by atoms with Gasteiger partial charge in [-0.15, -0.1) is 10.2 Å². The number of nitrogens with zero attached hydrogens (tertiary/aromatic N) is 3. The lowest BCUT2D eigenvalue weighted by Gasteiger charge is -2.15. The van der Waals surface area contributed by atoms with Crippen LogP contribution in [-0.2, 0) is 6.54 Å². The fraction of sp³-hybridized carbons (Fsp3) is 0.818. The highest BCUT2D eigenvalue weighted by atomic mass is 15.3. The molecule has 1 aromatic heterocycles. The summed E-state index contributed by atoms with van der Waals surface area (Å²) in [4.78, 5) is 0. The summed E-state index contributed by atoms with van der Waals surface area (Å²) in [5, 5.41) is 8.18. The van der Waals surface area contributed by atoms with Crippen LogP contribution in [-0.4, -0.2) is 21.3 Å². The maximum atomic E-state index is 5.77. The van der Waals surface area contributed by atoms with Gasteiger partial charge in [-0.05, 0) is 12.3 Å². The van der Waals surface area contributed by atoms with Crippen LogP contribution in [0.4, 0.5) is 0 Å². The van der Waals surface area contributed by atoms with Crippen molar-refractivity contribution in [1.29, 1.82) is 0 Å². The molecule has 0 fully saturated rings. The van der Waals surface area contributed by atoms with Crippen molar-refractivity contribution in [3.63, 3.8) is 0 Å². The van der Waals surface area contributed by atoms with Crippen molar-refractivity contribution >= 4 is 0 Å². The van der Waals surface area contributed by atoms with Crippen molar-refractivity contribution in [2.45, 2.75) is 46.1 Å². The topological polar surface area (TPSA) is 56.7 Å². The molecule has 2 N–H and O–H groups in total. The number of nitrogens with two attached hydrogens (primary N) is 1. The first-order valence-electron chi connectivity index (χ1n) is 5.76. The van der Waals surface area contributed by atoms with Crippen molar-refractivity contribution in [2.75, 3.05) is 6.54 Å². The van der Waals surface area contributed by atoms with Crippen LogP contribution < -0.4 is 5.73 Å². The third-order valence-electron chi connectivity index (χ3n) is 2.49. The summed E-state index contributed by atoms with van der Waals surface area (Å²) < 4.78 is 2.14. The Morgan fingerprint density at radius 1 is 1.47 bits per heavy atom. The van der Waals surface area contributed by atoms with Gasteiger partial charge in [-0.2, -0.15) is 0 Å². The Hall–Kier alpha value is -0.900. The van der Waals surface area contributed by atoms with Gasteiger partial charge in [-0.25, -0.2) is 0 Å². The Kier molecular flexibility index (Phi) is 4.75. The van der Waals surface area contributed by atoms with Crippen molar-refractivity contribution in [2.24, 2.45) is 11.7 Å². The maximum Gasteiger partial charge on any atom is 0.137 e. The van der Waals surface area contributed by atoms with E-state index in [0.717, 1.165) is 25.2 Å². The Bertz CT molecular complexity index is 280. The van der Waals surface area contributed by atoms with Crippen molar-refractivity contribution in [3.8, 4) is 0 Å². The van der Waals surface area contributed by atoms with Gasteiger partial charge in [-0.3, -0.25) is 0 Å². The summed E-state index contributed by atoms with van der Waals surface area (Å²) in [7, 11) is 0. The van der Waals surface area contributed by atoms with E-state index in [4.69, 9.17) is 5.73 Å². The monoisotopic (exact) mass is 210 g/mol. The lowest BCUT2D eigenvalue weighted by molar-refractivity contribution is 0.476. The van der Waals surface area contributed by atoms with Gasteiger partial charge in [0.2, 0.25) is 0 Å². The first-order chi connectivity index (χ1) is 7.19. The first kappa shape index (κ1) is 12.2. The van der Waals surface area contributed by atoms with Gasteiger partial charge in [0.05, 0.1) is 0 Å². The summed E-state index contributed by atoms with van der Waals surface area (Å²) in [6.45, 7) is 8.20. The summed E-state index contributed by atoms with van der Waals surface area (Å²) in [6, 6.07) is 0. The van der Waals surface area contributed by atoms with E-state index in [1.165, 1.54) is 0 Å². The number of hydrogen-bond donors (Lipinski definition) is 1. The van der Waals surface area contributed by atoms with Gasteiger partial charge < -0.3 is 10.3 Å². The molecular weight excluding hydrogens is 188 g/mol. The molecule has 1 rings (SSSR count). The molecule has 0 saturated heterocycles. The van der Waals surface area contributed by atoms with E-state index in [2.05, 4.69) is 35.5 Å². The minimum absolute atomic E-state index is 0.358. The summed E-state index contributed by atoms with van der Waals surface area (Å²) >= 11 is 0. The molecule has 4 heteroatoms. The van der Waals surface area contributed by atoms with E-state index < -0.39 is 0 Å². The quantitative estimate of drug-likeness (QED) is 0.778. The Morgan fingerprint density at radius 2 is 2.20 bits per heavy atom. The minimum atomic E-state index is 0.358. The number of aromatic nitrogens is 3. The predicted octanol–water partition coefficient (Wildman–Crippen LogP) is 1.78. The van der Waals surface area contributed by atoms with Gasteiger partial charge in [0.15, 0.2) is 0 Å². The highest BCUT2D eigenvalue weighted by Crippen LogP contribution is 2.18. The van der Waals surface area contributed by atoms with Crippen LogP contribution in [0.15, 0.2) is 6.33 Å². The molecule has 0 spiro atoms. The van der Waals surface area contributed by atoms with E-state index in [1.807, 2.05) is 6.33 Å². The second-order valence-electron chi connectivity index (χ2n) is 4.46. The van der Waals surface area contributed by atoms with Crippen molar-refractivity contribution in [1.82, 2.24) is 14.8 Å². The zero-order valence-corrected chi connectivity index (χ0v) is 9.98. The Labute approximate surface area is 91.9 Å². The molecule has 1 aromatic rings. The van der Waals surface area contributed by atoms with E-state index in [-0.39, 0.29) is 0 Å². The molecule has 0 aromatic carbocycles. The highest BCUT2D eigenvalue weighted by Gasteiger charge is 2.15. The Morgan fingerprint density at radius 3 is 2.73 bits per heavy atom. The predicted molar refractivity (Wildman–Crippen MR) is 61.6 cm³/mol. The van der Waals surface area contributed by atoms with Gasteiger partial charge >= 0.3 is 0 Å². The molecule has 0 radical (unpaired) electrons. The summed E-state index contributed by atoms with van der Waals surface area (Å²) in [5.74, 6) is 2.02. The molecule has 0 aliphatic rings. The van der Waals surface area contributed by atoms with Gasteiger partial charge in [-0.1, -0.05) is 27.2 Å². The second-order valence-corrected chi connectivity index (χ2v) is 4.46. The van der Waals surface area contributed by atoms with Crippen LogP contribution in [0.25, 0.3) is 0 Å². The van der Waals surface area contributed by atoms with Crippen LogP contribution in [0.1, 0.15) is 45.4 Å². The third kappa shape index (κ3) is 3.30. The van der Waals surface area contributed by atoms with E-state index in [0.29, 0.717) is 18.4 Å². The van der Waals surface area contributed by atoms with Gasteiger partial charge in [0.25, 0.3) is 0 Å². The molecule has 0 amide bonds. The van der Waals surface area contributed by atoms with Crippen LogP contribution in [0.3, 0.4) is 0 Å².